The summed E-state index contributed by atoms with van der Waals surface area (Å²) in [6.45, 7) is 1.70. The van der Waals surface area contributed by atoms with Gasteiger partial charge in [-0.05, 0) is 18.6 Å². The third-order valence-electron chi connectivity index (χ3n) is 3.23. The summed E-state index contributed by atoms with van der Waals surface area (Å²) in [6.07, 6.45) is 1.63. The van der Waals surface area contributed by atoms with Gasteiger partial charge in [-0.3, -0.25) is 10.0 Å². The number of sulfonamides is 1. The summed E-state index contributed by atoms with van der Waals surface area (Å²) in [4.78, 5) is 19.9. The lowest BCUT2D eigenvalue weighted by Gasteiger charge is -2.14. The van der Waals surface area contributed by atoms with Gasteiger partial charge in [0.15, 0.2) is 0 Å². The Morgan fingerprint density at radius 2 is 1.93 bits per heavy atom. The van der Waals surface area contributed by atoms with Crippen molar-refractivity contribution >= 4 is 50.7 Å². The van der Waals surface area contributed by atoms with E-state index in [0.717, 1.165) is 6.07 Å². The number of aromatic nitrogens is 2. The van der Waals surface area contributed by atoms with Crippen LogP contribution in [0.3, 0.4) is 0 Å². The molecule has 1 aromatic carbocycles. The van der Waals surface area contributed by atoms with E-state index in [9.17, 15) is 17.6 Å². The molecule has 2 rings (SSSR count). The van der Waals surface area contributed by atoms with E-state index in [0.29, 0.717) is 12.2 Å². The minimum absolute atomic E-state index is 0.0404. The second-order valence-electron chi connectivity index (χ2n) is 5.32. The van der Waals surface area contributed by atoms with Gasteiger partial charge in [0.05, 0.1) is 22.2 Å². The Hall–Kier alpha value is -2.66. The third kappa shape index (κ3) is 5.66. The fourth-order valence-electron chi connectivity index (χ4n) is 2.06. The molecular weight excluding hydrogens is 399 g/mol. The Balaban J connectivity index is 2.20. The lowest BCUT2D eigenvalue weighted by molar-refractivity contribution is 0.262. The molecule has 0 spiro atoms. The average Bonchev–Trinajstić information content (AvgIpc) is 2.61. The fraction of sp³-hybridized carbons (Fsp3) is 0.267. The fourth-order valence-corrected chi connectivity index (χ4v) is 3.51. The highest BCUT2D eigenvalue weighted by Crippen LogP contribution is 2.33. The molecule has 1 aromatic heterocycles. The summed E-state index contributed by atoms with van der Waals surface area (Å²) in [5, 5.41) is 7.16. The summed E-state index contributed by atoms with van der Waals surface area (Å²) in [5.41, 5.74) is -0.407. The first-order chi connectivity index (χ1) is 12.8. The number of anilines is 4. The summed E-state index contributed by atoms with van der Waals surface area (Å²) < 4.78 is 40.1. The van der Waals surface area contributed by atoms with Crippen molar-refractivity contribution < 1.29 is 17.6 Å². The van der Waals surface area contributed by atoms with Crippen LogP contribution in [0.25, 0.3) is 0 Å². The zero-order valence-electron chi connectivity index (χ0n) is 14.5. The minimum atomic E-state index is -3.63. The first-order valence-electron chi connectivity index (χ1n) is 7.82. The topological polar surface area (TPSA) is 125 Å². The van der Waals surface area contributed by atoms with Crippen LogP contribution in [0.1, 0.15) is 13.3 Å². The molecule has 27 heavy (non-hydrogen) atoms. The van der Waals surface area contributed by atoms with Crippen molar-refractivity contribution in [2.24, 2.45) is 0 Å². The number of hydrogen-bond donors (Lipinski definition) is 4. The molecule has 2 amide bonds. The number of amides is 2. The molecule has 0 fully saturated rings. The lowest BCUT2D eigenvalue weighted by Crippen LogP contribution is -2.22. The van der Waals surface area contributed by atoms with Gasteiger partial charge in [0, 0.05) is 13.1 Å². The van der Waals surface area contributed by atoms with Crippen LogP contribution >= 0.6 is 11.6 Å². The monoisotopic (exact) mass is 416 g/mol. The predicted octanol–water partition coefficient (Wildman–Crippen LogP) is 3.11. The number of rotatable bonds is 7. The molecule has 0 unspecified atom stereocenters. The molecule has 0 radical (unpaired) electrons. The van der Waals surface area contributed by atoms with Gasteiger partial charge in [-0.1, -0.05) is 18.5 Å². The maximum Gasteiger partial charge on any atom is 0.324 e. The normalized spacial score (nSPS) is 11.0. The molecule has 0 aliphatic rings. The van der Waals surface area contributed by atoms with Gasteiger partial charge in [-0.25, -0.2) is 27.6 Å². The number of urea groups is 1. The Labute approximate surface area is 160 Å². The predicted molar refractivity (Wildman–Crippen MR) is 103 cm³/mol. The molecule has 1 heterocycles. The van der Waals surface area contributed by atoms with Gasteiger partial charge >= 0.3 is 6.03 Å². The highest BCUT2D eigenvalue weighted by Gasteiger charge is 2.18. The molecular formula is C15H18ClFN6O3S. The van der Waals surface area contributed by atoms with Gasteiger partial charge in [0.1, 0.15) is 23.8 Å². The second kappa shape index (κ2) is 8.82. The van der Waals surface area contributed by atoms with Gasteiger partial charge in [-0.15, -0.1) is 0 Å². The van der Waals surface area contributed by atoms with Crippen molar-refractivity contribution in [1.29, 1.82) is 0 Å². The summed E-state index contributed by atoms with van der Waals surface area (Å²) in [7, 11) is -1.99. The minimum Gasteiger partial charge on any atom is -0.373 e. The number of carbonyl (C=O) groups excluding carboxylic acids is 1. The molecule has 0 saturated carbocycles. The maximum atomic E-state index is 14.1. The molecule has 0 saturated heterocycles. The second-order valence-corrected chi connectivity index (χ2v) is 7.54. The van der Waals surface area contributed by atoms with E-state index in [4.69, 9.17) is 11.6 Å². The van der Waals surface area contributed by atoms with E-state index in [1.165, 1.54) is 18.5 Å². The van der Waals surface area contributed by atoms with Crippen molar-refractivity contribution in [3.8, 4) is 0 Å². The Bertz CT molecular complexity index is 941. The van der Waals surface area contributed by atoms with Crippen LogP contribution in [0, 0.1) is 5.82 Å². The highest BCUT2D eigenvalue weighted by molar-refractivity contribution is 7.92. The molecule has 9 nitrogen and oxygen atoms in total. The molecule has 146 valence electrons. The number of carbonyl (C=O) groups is 1. The van der Waals surface area contributed by atoms with Crippen LogP contribution in [-0.2, 0) is 10.0 Å². The standard InChI is InChI=1S/C15H18ClFN6O3S/c1-3-6-27(25,26)23-10-5-4-9(17)14(13(10)16)22-15(24)21-12-7-11(18-2)19-8-20-12/h4-5,7-8,23H,3,6H2,1-2H3,(H3,18,19,20,21,22,24). The summed E-state index contributed by atoms with van der Waals surface area (Å²) in [6, 6.07) is 2.82. The maximum absolute atomic E-state index is 14.1. The quantitative estimate of drug-likeness (QED) is 0.549. The Morgan fingerprint density at radius 1 is 1.22 bits per heavy atom. The van der Waals surface area contributed by atoms with E-state index in [1.54, 1.807) is 14.0 Å². The van der Waals surface area contributed by atoms with Crippen molar-refractivity contribution in [3.63, 3.8) is 0 Å². The number of hydrogen-bond acceptors (Lipinski definition) is 6. The molecule has 0 aliphatic carbocycles. The van der Waals surface area contributed by atoms with Gasteiger partial charge in [0.2, 0.25) is 10.0 Å². The van der Waals surface area contributed by atoms with Gasteiger partial charge in [0.25, 0.3) is 0 Å². The summed E-state index contributed by atoms with van der Waals surface area (Å²) >= 11 is 6.07. The van der Waals surface area contributed by atoms with Crippen LogP contribution in [0.4, 0.5) is 32.2 Å². The number of nitrogens with one attached hydrogen (secondary N) is 4. The van der Waals surface area contributed by atoms with Crippen molar-refractivity contribution in [2.75, 3.05) is 33.5 Å². The zero-order valence-corrected chi connectivity index (χ0v) is 16.1. The zero-order chi connectivity index (χ0) is 20.0. The molecule has 12 heteroatoms. The smallest absolute Gasteiger partial charge is 0.324 e. The third-order valence-corrected chi connectivity index (χ3v) is 5.10. The van der Waals surface area contributed by atoms with Gasteiger partial charge in [-0.2, -0.15) is 0 Å². The average molecular weight is 417 g/mol. The highest BCUT2D eigenvalue weighted by atomic mass is 35.5. The van der Waals surface area contributed by atoms with E-state index < -0.39 is 21.9 Å². The van der Waals surface area contributed by atoms with Crippen molar-refractivity contribution in [3.05, 3.63) is 35.4 Å². The SMILES string of the molecule is CCCS(=O)(=O)Nc1ccc(F)c(NC(=O)Nc2cc(NC)ncn2)c1Cl. The number of benzene rings is 1. The lowest BCUT2D eigenvalue weighted by atomic mass is 10.2. The van der Waals surface area contributed by atoms with Crippen LogP contribution in [0.5, 0.6) is 0 Å². The number of halogens is 2. The molecule has 0 aliphatic heterocycles. The summed E-state index contributed by atoms with van der Waals surface area (Å²) in [5.74, 6) is -0.307. The Kier molecular flexibility index (Phi) is 6.75. The number of nitrogens with zero attached hydrogens (tertiary/aromatic N) is 2. The van der Waals surface area contributed by atoms with E-state index in [1.807, 2.05) is 0 Å². The first-order valence-corrected chi connectivity index (χ1v) is 9.85. The van der Waals surface area contributed by atoms with Crippen molar-refractivity contribution in [1.82, 2.24) is 9.97 Å². The molecule has 0 bridgehead atoms. The van der Waals surface area contributed by atoms with Crippen LogP contribution in [-0.4, -0.2) is 37.2 Å². The molecule has 2 aromatic rings. The van der Waals surface area contributed by atoms with Crippen molar-refractivity contribution in [2.45, 2.75) is 13.3 Å². The van der Waals surface area contributed by atoms with Crippen LogP contribution in [0.15, 0.2) is 24.5 Å². The largest absolute Gasteiger partial charge is 0.373 e. The van der Waals surface area contributed by atoms with Crippen LogP contribution < -0.4 is 20.7 Å². The van der Waals surface area contributed by atoms with E-state index in [2.05, 4.69) is 30.6 Å². The molecule has 4 N–H and O–H groups in total. The molecule has 0 atom stereocenters. The van der Waals surface area contributed by atoms with E-state index >= 15 is 0 Å². The first kappa shape index (κ1) is 20.6. The van der Waals surface area contributed by atoms with Crippen LogP contribution in [0.2, 0.25) is 5.02 Å². The van der Waals surface area contributed by atoms with E-state index in [-0.39, 0.29) is 28.0 Å². The van der Waals surface area contributed by atoms with Gasteiger partial charge < -0.3 is 10.6 Å². The Morgan fingerprint density at radius 3 is 2.59 bits per heavy atom.